The Bertz CT molecular complexity index is 1140. The highest BCUT2D eigenvalue weighted by Crippen LogP contribution is 2.33. The number of aliphatic hydroxyl groups excluding tert-OH is 3. The molecule has 0 saturated carbocycles. The van der Waals surface area contributed by atoms with Crippen LogP contribution in [0.2, 0.25) is 0 Å². The summed E-state index contributed by atoms with van der Waals surface area (Å²) in [5.74, 6) is 0.590. The van der Waals surface area contributed by atoms with Gasteiger partial charge in [0.2, 0.25) is 6.29 Å². The molecule has 9 heteroatoms. The van der Waals surface area contributed by atoms with E-state index in [1.807, 2.05) is 0 Å². The molecule has 4 N–H and O–H groups in total. The van der Waals surface area contributed by atoms with Gasteiger partial charge in [0.15, 0.2) is 5.43 Å². The van der Waals surface area contributed by atoms with Crippen LogP contribution in [-0.4, -0.2) is 58.2 Å². The number of methoxy groups -OCH3 is 1. The third kappa shape index (κ3) is 3.96. The number of aromatic hydroxyl groups is 1. The molecule has 9 nitrogen and oxygen atoms in total. The molecule has 3 aromatic rings. The van der Waals surface area contributed by atoms with E-state index >= 15 is 0 Å². The Kier molecular flexibility index (Phi) is 5.59. The number of ether oxygens (including phenoxy) is 3. The van der Waals surface area contributed by atoms with Gasteiger partial charge >= 0.3 is 0 Å². The van der Waals surface area contributed by atoms with Crippen molar-refractivity contribution >= 4 is 11.0 Å². The highest BCUT2D eigenvalue weighted by Gasteiger charge is 2.43. The van der Waals surface area contributed by atoms with Crippen molar-refractivity contribution in [3.05, 3.63) is 52.7 Å². The number of fused-ring (bicyclic) bond motifs is 1. The van der Waals surface area contributed by atoms with Crippen molar-refractivity contribution in [2.75, 3.05) is 7.11 Å². The van der Waals surface area contributed by atoms with Crippen LogP contribution in [0.15, 0.2) is 51.7 Å². The zero-order valence-electron chi connectivity index (χ0n) is 16.8. The summed E-state index contributed by atoms with van der Waals surface area (Å²) >= 11 is 0. The SMILES string of the molecule is COc1ccc(-c2cc(=O)c3c(O)cc(O[C@@H]4O[C@@H](C)[C@H](O)[C@@H](O)[C@@H]4O)cc3o2)cc1. The van der Waals surface area contributed by atoms with E-state index in [2.05, 4.69) is 0 Å². The molecule has 2 aromatic carbocycles. The van der Waals surface area contributed by atoms with E-state index in [4.69, 9.17) is 18.6 Å². The molecule has 0 aliphatic carbocycles. The Balaban J connectivity index is 1.70. The number of benzene rings is 2. The van der Waals surface area contributed by atoms with E-state index in [-0.39, 0.29) is 28.2 Å². The summed E-state index contributed by atoms with van der Waals surface area (Å²) in [7, 11) is 1.54. The third-order valence-electron chi connectivity index (χ3n) is 5.22. The first-order chi connectivity index (χ1) is 14.8. The second-order valence-corrected chi connectivity index (χ2v) is 7.32. The topological polar surface area (TPSA) is 139 Å². The van der Waals surface area contributed by atoms with Crippen LogP contribution in [0.3, 0.4) is 0 Å². The van der Waals surface area contributed by atoms with Crippen molar-refractivity contribution in [3.63, 3.8) is 0 Å². The Morgan fingerprint density at radius 2 is 1.65 bits per heavy atom. The van der Waals surface area contributed by atoms with Gasteiger partial charge in [0.25, 0.3) is 0 Å². The molecule has 0 amide bonds. The van der Waals surface area contributed by atoms with Crippen LogP contribution in [0.4, 0.5) is 0 Å². The summed E-state index contributed by atoms with van der Waals surface area (Å²) in [5.41, 5.74) is 0.243. The van der Waals surface area contributed by atoms with Crippen molar-refractivity contribution in [2.24, 2.45) is 0 Å². The van der Waals surface area contributed by atoms with Crippen molar-refractivity contribution in [1.29, 1.82) is 0 Å². The predicted octanol–water partition coefficient (Wildman–Crippen LogP) is 1.38. The summed E-state index contributed by atoms with van der Waals surface area (Å²) in [6, 6.07) is 10.7. The van der Waals surface area contributed by atoms with Crippen molar-refractivity contribution < 1.29 is 39.1 Å². The van der Waals surface area contributed by atoms with Gasteiger partial charge in [-0.05, 0) is 31.2 Å². The maximum atomic E-state index is 12.6. The lowest BCUT2D eigenvalue weighted by Crippen LogP contribution is -2.58. The largest absolute Gasteiger partial charge is 0.507 e. The van der Waals surface area contributed by atoms with Crippen LogP contribution in [0.25, 0.3) is 22.3 Å². The number of aliphatic hydroxyl groups is 3. The molecule has 5 atom stereocenters. The second-order valence-electron chi connectivity index (χ2n) is 7.32. The molecule has 0 spiro atoms. The standard InChI is InChI=1S/C22H22O9/c1-10-19(25)20(26)21(27)22(29-10)30-13-7-14(23)18-15(24)9-16(31-17(18)8-13)11-3-5-12(28-2)6-4-11/h3-10,19-23,25-27H,1-2H3/t10-,19-,20+,21-,22-/m0/s1. The fraction of sp³-hybridized carbons (Fsp3) is 0.318. The van der Waals surface area contributed by atoms with E-state index in [1.165, 1.54) is 25.1 Å². The van der Waals surface area contributed by atoms with E-state index in [0.717, 1.165) is 0 Å². The molecule has 1 saturated heterocycles. The van der Waals surface area contributed by atoms with Gasteiger partial charge < -0.3 is 39.1 Å². The minimum Gasteiger partial charge on any atom is -0.507 e. The quantitative estimate of drug-likeness (QED) is 0.483. The lowest BCUT2D eigenvalue weighted by atomic mass is 10.00. The maximum absolute atomic E-state index is 12.6. The molecule has 1 fully saturated rings. The monoisotopic (exact) mass is 430 g/mol. The molecular weight excluding hydrogens is 408 g/mol. The zero-order valence-corrected chi connectivity index (χ0v) is 16.8. The van der Waals surface area contributed by atoms with Gasteiger partial charge in [0.05, 0.1) is 13.2 Å². The molecule has 0 bridgehead atoms. The number of phenolic OH excluding ortho intramolecular Hbond substituents is 1. The number of phenols is 1. The van der Waals surface area contributed by atoms with Gasteiger partial charge in [-0.15, -0.1) is 0 Å². The minimum atomic E-state index is -1.53. The predicted molar refractivity (Wildman–Crippen MR) is 109 cm³/mol. The number of rotatable bonds is 4. The van der Waals surface area contributed by atoms with Crippen LogP contribution in [0.1, 0.15) is 6.92 Å². The molecule has 31 heavy (non-hydrogen) atoms. The van der Waals surface area contributed by atoms with Gasteiger partial charge in [0.1, 0.15) is 52.3 Å². The van der Waals surface area contributed by atoms with Crippen LogP contribution >= 0.6 is 0 Å². The molecule has 1 aromatic heterocycles. The van der Waals surface area contributed by atoms with E-state index in [0.29, 0.717) is 11.3 Å². The van der Waals surface area contributed by atoms with Crippen LogP contribution in [0, 0.1) is 0 Å². The molecule has 0 radical (unpaired) electrons. The first-order valence-corrected chi connectivity index (χ1v) is 9.60. The summed E-state index contributed by atoms with van der Waals surface area (Å²) in [4.78, 5) is 12.6. The Labute approximate surface area is 176 Å². The van der Waals surface area contributed by atoms with E-state index in [1.54, 1.807) is 31.4 Å². The van der Waals surface area contributed by atoms with Gasteiger partial charge in [-0.3, -0.25) is 4.79 Å². The number of hydrogen-bond acceptors (Lipinski definition) is 9. The highest BCUT2D eigenvalue weighted by atomic mass is 16.7. The van der Waals surface area contributed by atoms with Crippen molar-refractivity contribution in [3.8, 4) is 28.6 Å². The van der Waals surface area contributed by atoms with Crippen molar-refractivity contribution in [2.45, 2.75) is 37.6 Å². The van der Waals surface area contributed by atoms with Crippen LogP contribution in [-0.2, 0) is 4.74 Å². The van der Waals surface area contributed by atoms with Gasteiger partial charge in [-0.1, -0.05) is 0 Å². The van der Waals surface area contributed by atoms with E-state index < -0.39 is 36.1 Å². The maximum Gasteiger partial charge on any atom is 0.229 e. The molecule has 1 aliphatic heterocycles. The van der Waals surface area contributed by atoms with Gasteiger partial charge in [0, 0.05) is 23.8 Å². The van der Waals surface area contributed by atoms with E-state index in [9.17, 15) is 25.2 Å². The lowest BCUT2D eigenvalue weighted by molar-refractivity contribution is -0.268. The highest BCUT2D eigenvalue weighted by molar-refractivity contribution is 5.86. The average molecular weight is 430 g/mol. The average Bonchev–Trinajstić information content (AvgIpc) is 2.75. The molecule has 1 aliphatic rings. The second kappa shape index (κ2) is 8.20. The lowest BCUT2D eigenvalue weighted by Gasteiger charge is -2.38. The third-order valence-corrected chi connectivity index (χ3v) is 5.22. The molecule has 0 unspecified atom stereocenters. The summed E-state index contributed by atoms with van der Waals surface area (Å²) in [6.45, 7) is 1.52. The Morgan fingerprint density at radius 3 is 2.32 bits per heavy atom. The zero-order chi connectivity index (χ0) is 22.3. The first kappa shape index (κ1) is 21.1. The summed E-state index contributed by atoms with van der Waals surface area (Å²) < 4.78 is 21.9. The minimum absolute atomic E-state index is 0.0291. The molecule has 164 valence electrons. The number of hydrogen-bond donors (Lipinski definition) is 4. The smallest absolute Gasteiger partial charge is 0.229 e. The van der Waals surface area contributed by atoms with Crippen molar-refractivity contribution in [1.82, 2.24) is 0 Å². The first-order valence-electron chi connectivity index (χ1n) is 9.60. The fourth-order valence-corrected chi connectivity index (χ4v) is 3.45. The van der Waals surface area contributed by atoms with Crippen LogP contribution < -0.4 is 14.9 Å². The van der Waals surface area contributed by atoms with Crippen LogP contribution in [0.5, 0.6) is 17.2 Å². The molecule has 2 heterocycles. The van der Waals surface area contributed by atoms with Gasteiger partial charge in [-0.2, -0.15) is 0 Å². The molecule has 4 rings (SSSR count). The fourth-order valence-electron chi connectivity index (χ4n) is 3.45. The summed E-state index contributed by atoms with van der Waals surface area (Å²) in [6.07, 6.45) is -6.37. The van der Waals surface area contributed by atoms with Gasteiger partial charge in [-0.25, -0.2) is 0 Å². The Hall–Kier alpha value is -3.11. The Morgan fingerprint density at radius 1 is 0.935 bits per heavy atom. The normalized spacial score (nSPS) is 26.0. The summed E-state index contributed by atoms with van der Waals surface area (Å²) in [5, 5.41) is 40.2. The molecular formula is C22H22O9.